The molecule has 0 radical (unpaired) electrons. The van der Waals surface area contributed by atoms with Gasteiger partial charge in [0, 0.05) is 18.8 Å². The number of carbonyl (C=O) groups is 1. The van der Waals surface area contributed by atoms with E-state index in [4.69, 9.17) is 17.2 Å². The van der Waals surface area contributed by atoms with Crippen LogP contribution in [-0.2, 0) is 4.79 Å². The highest BCUT2D eigenvalue weighted by molar-refractivity contribution is 5.81. The van der Waals surface area contributed by atoms with E-state index in [2.05, 4.69) is 5.32 Å². The maximum Gasteiger partial charge on any atom is 0.236 e. The molecule has 0 spiro atoms. The van der Waals surface area contributed by atoms with Crippen molar-refractivity contribution in [3.63, 3.8) is 0 Å². The van der Waals surface area contributed by atoms with Gasteiger partial charge in [0.1, 0.15) is 0 Å². The zero-order valence-electron chi connectivity index (χ0n) is 14.0. The van der Waals surface area contributed by atoms with Crippen LogP contribution in [0.5, 0.6) is 0 Å². The first-order chi connectivity index (χ1) is 9.22. The molecule has 1 amide bonds. The second-order valence-corrected chi connectivity index (χ2v) is 2.97. The van der Waals surface area contributed by atoms with E-state index in [1.807, 2.05) is 41.5 Å². The largest absolute Gasteiger partial charge is 0.353 e. The van der Waals surface area contributed by atoms with Crippen molar-refractivity contribution in [2.24, 2.45) is 17.2 Å². The van der Waals surface area contributed by atoms with Gasteiger partial charge in [-0.05, 0) is 19.4 Å². The maximum atomic E-state index is 11.2. The van der Waals surface area contributed by atoms with E-state index < -0.39 is 6.04 Å². The van der Waals surface area contributed by atoms with Crippen LogP contribution in [0.1, 0.15) is 66.5 Å². The minimum absolute atomic E-state index is 0. The molecule has 0 saturated heterocycles. The van der Waals surface area contributed by atoms with Crippen molar-refractivity contribution in [3.8, 4) is 0 Å². The first kappa shape index (κ1) is 26.8. The van der Waals surface area contributed by atoms with Crippen LogP contribution in [0.25, 0.3) is 0 Å². The van der Waals surface area contributed by atoms with Crippen molar-refractivity contribution < 1.29 is 10.5 Å². The van der Waals surface area contributed by atoms with Crippen molar-refractivity contribution >= 4 is 5.91 Å². The summed E-state index contributed by atoms with van der Waals surface area (Å²) < 4.78 is 0. The van der Waals surface area contributed by atoms with Gasteiger partial charge in [0.25, 0.3) is 0 Å². The molecule has 0 aliphatic heterocycles. The summed E-state index contributed by atoms with van der Waals surface area (Å²) in [6.45, 7) is 13.6. The van der Waals surface area contributed by atoms with Gasteiger partial charge in [0.2, 0.25) is 5.91 Å². The van der Waals surface area contributed by atoms with Gasteiger partial charge in [-0.25, -0.2) is 0 Å². The number of nitrogens with one attached hydrogen (secondary N) is 1. The highest BCUT2D eigenvalue weighted by Gasteiger charge is 2.11. The highest BCUT2D eigenvalue weighted by atomic mass is 16.2. The molecule has 5 nitrogen and oxygen atoms in total. The number of unbranched alkanes of at least 4 members (excludes halogenated alkanes) is 1. The predicted molar refractivity (Wildman–Crippen MR) is 95.4 cm³/mol. The molecular weight excluding hydrogens is 240 g/mol. The molecule has 0 heterocycles. The molecule has 0 fully saturated rings. The minimum atomic E-state index is -0.418. The van der Waals surface area contributed by atoms with Gasteiger partial charge in [-0.3, -0.25) is 4.79 Å². The monoisotopic (exact) mass is 286 g/mol. The van der Waals surface area contributed by atoms with Gasteiger partial charge in [0.15, 0.2) is 0 Å². The Kier molecular flexibility index (Phi) is 42.9. The fraction of sp³-hybridized carbons (Fsp3) is 0.929. The molecule has 128 valence electrons. The van der Waals surface area contributed by atoms with Crippen LogP contribution in [0.3, 0.4) is 0 Å². The fourth-order valence-electron chi connectivity index (χ4n) is 0.966. The molecule has 19 heavy (non-hydrogen) atoms. The third-order valence-corrected chi connectivity index (χ3v) is 1.75. The average Bonchev–Trinajstić information content (AvgIpc) is 2.51. The van der Waals surface area contributed by atoms with Crippen molar-refractivity contribution in [1.82, 2.24) is 5.32 Å². The molecule has 1 unspecified atom stereocenters. The van der Waals surface area contributed by atoms with Gasteiger partial charge in [-0.1, -0.05) is 48.0 Å². The smallest absolute Gasteiger partial charge is 0.236 e. The Balaban J connectivity index is -0.0000000336. The minimum Gasteiger partial charge on any atom is -0.353 e. The molecular formula is C14H46N4O. The van der Waals surface area contributed by atoms with E-state index in [-0.39, 0.29) is 11.6 Å². The zero-order valence-corrected chi connectivity index (χ0v) is 14.0. The lowest BCUT2D eigenvalue weighted by molar-refractivity contribution is -0.122. The van der Waals surface area contributed by atoms with Gasteiger partial charge in [-0.15, -0.1) is 0 Å². The number of rotatable bonds is 7. The Labute approximate surface area is 126 Å². The summed E-state index contributed by atoms with van der Waals surface area (Å²) in [4.78, 5) is 11.2. The van der Waals surface area contributed by atoms with Gasteiger partial charge in [0.05, 0.1) is 6.04 Å². The van der Waals surface area contributed by atoms with Gasteiger partial charge < -0.3 is 22.5 Å². The second kappa shape index (κ2) is 30.4. The highest BCUT2D eigenvalue weighted by Crippen LogP contribution is 1.97. The van der Waals surface area contributed by atoms with E-state index in [1.165, 1.54) is 0 Å². The standard InChI is InChI=1S/C8H20N4O.3C2H6.4H2/c9-4-2-1-3-7(11)8(13)12-6-5-10;3*1-2;;;;/h7H,1-6,9-11H2,(H,12,13);3*1-2H3;4*1H. The molecule has 0 rings (SSSR count). The number of carbonyl (C=O) groups excluding carboxylic acids is 1. The summed E-state index contributed by atoms with van der Waals surface area (Å²) in [6, 6.07) is -0.418. The van der Waals surface area contributed by atoms with Crippen molar-refractivity contribution in [3.05, 3.63) is 0 Å². The first-order valence-corrected chi connectivity index (χ1v) is 7.65. The Morgan fingerprint density at radius 2 is 1.47 bits per heavy atom. The van der Waals surface area contributed by atoms with E-state index in [9.17, 15) is 4.79 Å². The van der Waals surface area contributed by atoms with Crippen molar-refractivity contribution in [2.45, 2.75) is 66.8 Å². The molecule has 0 aliphatic carbocycles. The maximum absolute atomic E-state index is 11.2. The summed E-state index contributed by atoms with van der Waals surface area (Å²) in [5, 5.41) is 2.64. The SMILES string of the molecule is CC.CC.CC.NCCCCC(N)C(=O)NCCN.[HH].[HH].[HH].[HH]. The first-order valence-electron chi connectivity index (χ1n) is 7.65. The fourth-order valence-corrected chi connectivity index (χ4v) is 0.966. The van der Waals surface area contributed by atoms with E-state index in [1.54, 1.807) is 0 Å². The van der Waals surface area contributed by atoms with Crippen LogP contribution in [0.15, 0.2) is 0 Å². The topological polar surface area (TPSA) is 107 Å². The summed E-state index contributed by atoms with van der Waals surface area (Å²) >= 11 is 0. The van der Waals surface area contributed by atoms with E-state index >= 15 is 0 Å². The van der Waals surface area contributed by atoms with E-state index in [0.717, 1.165) is 12.8 Å². The van der Waals surface area contributed by atoms with Crippen LogP contribution in [-0.4, -0.2) is 31.6 Å². The van der Waals surface area contributed by atoms with Crippen molar-refractivity contribution in [2.75, 3.05) is 19.6 Å². The lowest BCUT2D eigenvalue weighted by Crippen LogP contribution is -2.42. The molecule has 0 bridgehead atoms. The summed E-state index contributed by atoms with van der Waals surface area (Å²) in [5.74, 6) is -0.123. The molecule has 0 aromatic carbocycles. The quantitative estimate of drug-likeness (QED) is 0.539. The third kappa shape index (κ3) is 26.8. The Morgan fingerprint density at radius 3 is 1.84 bits per heavy atom. The molecule has 0 saturated carbocycles. The summed E-state index contributed by atoms with van der Waals surface area (Å²) in [5.41, 5.74) is 16.1. The number of hydrogen-bond acceptors (Lipinski definition) is 4. The van der Waals surface area contributed by atoms with Gasteiger partial charge >= 0.3 is 0 Å². The molecule has 7 N–H and O–H groups in total. The van der Waals surface area contributed by atoms with Crippen molar-refractivity contribution in [1.29, 1.82) is 0 Å². The molecule has 5 heteroatoms. The third-order valence-electron chi connectivity index (χ3n) is 1.75. The number of nitrogens with two attached hydrogens (primary N) is 3. The average molecular weight is 287 g/mol. The number of hydrogen-bond donors (Lipinski definition) is 4. The molecule has 0 aliphatic rings. The normalized spacial score (nSPS) is 9.53. The predicted octanol–water partition coefficient (Wildman–Crippen LogP) is 2.58. The zero-order chi connectivity index (χ0) is 16.1. The van der Waals surface area contributed by atoms with Gasteiger partial charge in [-0.2, -0.15) is 0 Å². The lowest BCUT2D eigenvalue weighted by Gasteiger charge is -2.10. The van der Waals surface area contributed by atoms with Crippen LogP contribution >= 0.6 is 0 Å². The Morgan fingerprint density at radius 1 is 1.00 bits per heavy atom. The number of amides is 1. The summed E-state index contributed by atoms with van der Waals surface area (Å²) in [7, 11) is 0. The molecule has 0 aromatic rings. The second-order valence-electron chi connectivity index (χ2n) is 2.97. The van der Waals surface area contributed by atoms with Crippen LogP contribution in [0, 0.1) is 0 Å². The molecule has 1 atom stereocenters. The summed E-state index contributed by atoms with van der Waals surface area (Å²) in [6.07, 6.45) is 2.50. The van der Waals surface area contributed by atoms with Crippen LogP contribution < -0.4 is 22.5 Å². The Bertz CT molecular complexity index is 159. The van der Waals surface area contributed by atoms with Crippen LogP contribution in [0.2, 0.25) is 0 Å². The molecule has 0 aromatic heterocycles. The van der Waals surface area contributed by atoms with E-state index in [0.29, 0.717) is 26.1 Å². The Hall–Kier alpha value is -0.650. The van der Waals surface area contributed by atoms with Crippen LogP contribution in [0.4, 0.5) is 0 Å². The lowest BCUT2D eigenvalue weighted by atomic mass is 10.1.